The molecule has 0 saturated heterocycles. The average molecular weight is 151 g/mol. The van der Waals surface area contributed by atoms with Gasteiger partial charge in [0, 0.05) is 12.0 Å². The molecule has 0 amide bonds. The van der Waals surface area contributed by atoms with Gasteiger partial charge in [0.1, 0.15) is 5.82 Å². The number of hydrogen-bond acceptors (Lipinski definition) is 1. The van der Waals surface area contributed by atoms with Crippen molar-refractivity contribution in [1.29, 1.82) is 0 Å². The van der Waals surface area contributed by atoms with Gasteiger partial charge in [-0.25, -0.2) is 4.39 Å². The van der Waals surface area contributed by atoms with Crippen LogP contribution < -0.4 is 5.73 Å². The van der Waals surface area contributed by atoms with Crippen LogP contribution >= 0.6 is 0 Å². The number of rotatable bonds is 1. The third-order valence-electron chi connectivity index (χ3n) is 2.14. The summed E-state index contributed by atoms with van der Waals surface area (Å²) in [7, 11) is 0. The first kappa shape index (κ1) is 6.80. The average Bonchev–Trinajstić information content (AvgIpc) is 2.68. The standard InChI is InChI=1S/C9H10FN/c10-8-4-2-1-3-6(8)7-5-9(7)11/h1-4,7,9H,5,11H2/t7-,9-/m0/s1. The Kier molecular flexibility index (Phi) is 1.43. The largest absolute Gasteiger partial charge is 0.327 e. The molecule has 1 aliphatic rings. The molecule has 0 radical (unpaired) electrons. The highest BCUT2D eigenvalue weighted by molar-refractivity contribution is 5.28. The fourth-order valence-corrected chi connectivity index (χ4v) is 1.35. The molecule has 1 nitrogen and oxygen atoms in total. The van der Waals surface area contributed by atoms with Gasteiger partial charge in [0.25, 0.3) is 0 Å². The molecule has 11 heavy (non-hydrogen) atoms. The molecule has 2 rings (SSSR count). The Morgan fingerprint density at radius 1 is 1.36 bits per heavy atom. The third-order valence-corrected chi connectivity index (χ3v) is 2.14. The second kappa shape index (κ2) is 2.31. The zero-order valence-electron chi connectivity index (χ0n) is 6.13. The predicted octanol–water partition coefficient (Wildman–Crippen LogP) is 1.64. The van der Waals surface area contributed by atoms with Gasteiger partial charge < -0.3 is 5.73 Å². The minimum Gasteiger partial charge on any atom is -0.327 e. The molecular formula is C9H10FN. The van der Waals surface area contributed by atoms with E-state index in [9.17, 15) is 4.39 Å². The predicted molar refractivity (Wildman–Crippen MR) is 41.7 cm³/mol. The summed E-state index contributed by atoms with van der Waals surface area (Å²) in [5.41, 5.74) is 6.38. The molecular weight excluding hydrogens is 141 g/mol. The molecule has 1 fully saturated rings. The van der Waals surface area contributed by atoms with Crippen LogP contribution in [-0.2, 0) is 0 Å². The molecule has 2 N–H and O–H groups in total. The van der Waals surface area contributed by atoms with Crippen molar-refractivity contribution >= 4 is 0 Å². The Labute approximate surface area is 65.0 Å². The first-order chi connectivity index (χ1) is 5.29. The van der Waals surface area contributed by atoms with E-state index in [1.165, 1.54) is 6.07 Å². The van der Waals surface area contributed by atoms with E-state index in [0.29, 0.717) is 0 Å². The number of hydrogen-bond donors (Lipinski definition) is 1. The number of nitrogens with two attached hydrogens (primary N) is 1. The first-order valence-corrected chi connectivity index (χ1v) is 3.79. The van der Waals surface area contributed by atoms with Crippen LogP contribution in [0.2, 0.25) is 0 Å². The van der Waals surface area contributed by atoms with Crippen molar-refractivity contribution in [2.45, 2.75) is 18.4 Å². The van der Waals surface area contributed by atoms with Crippen LogP contribution in [0.3, 0.4) is 0 Å². The summed E-state index contributed by atoms with van der Waals surface area (Å²) in [6.07, 6.45) is 0.931. The maximum Gasteiger partial charge on any atom is 0.126 e. The van der Waals surface area contributed by atoms with Crippen LogP contribution in [0.1, 0.15) is 17.9 Å². The lowest BCUT2D eigenvalue weighted by atomic mass is 10.1. The van der Waals surface area contributed by atoms with Gasteiger partial charge in [0.05, 0.1) is 0 Å². The third kappa shape index (κ3) is 1.14. The second-order valence-corrected chi connectivity index (χ2v) is 3.03. The molecule has 0 aliphatic heterocycles. The van der Waals surface area contributed by atoms with Crippen molar-refractivity contribution in [1.82, 2.24) is 0 Å². The normalized spacial score (nSPS) is 28.5. The van der Waals surface area contributed by atoms with E-state index in [1.807, 2.05) is 12.1 Å². The zero-order chi connectivity index (χ0) is 7.84. The molecule has 1 aromatic rings. The van der Waals surface area contributed by atoms with E-state index in [0.717, 1.165) is 12.0 Å². The lowest BCUT2D eigenvalue weighted by molar-refractivity contribution is 0.609. The van der Waals surface area contributed by atoms with Gasteiger partial charge in [-0.15, -0.1) is 0 Å². The molecule has 0 spiro atoms. The summed E-state index contributed by atoms with van der Waals surface area (Å²) in [5, 5.41) is 0. The lowest BCUT2D eigenvalue weighted by Gasteiger charge is -1.98. The van der Waals surface area contributed by atoms with Crippen molar-refractivity contribution in [3.05, 3.63) is 35.6 Å². The molecule has 0 unspecified atom stereocenters. The van der Waals surface area contributed by atoms with E-state index in [1.54, 1.807) is 6.07 Å². The van der Waals surface area contributed by atoms with Gasteiger partial charge in [-0.2, -0.15) is 0 Å². The SMILES string of the molecule is N[C@H]1C[C@H]1c1ccccc1F. The summed E-state index contributed by atoms with van der Waals surface area (Å²) < 4.78 is 13.0. The Bertz CT molecular complexity index is 272. The fourth-order valence-electron chi connectivity index (χ4n) is 1.35. The maximum absolute atomic E-state index is 13.0. The molecule has 0 bridgehead atoms. The summed E-state index contributed by atoms with van der Waals surface area (Å²) in [4.78, 5) is 0. The van der Waals surface area contributed by atoms with E-state index in [-0.39, 0.29) is 17.8 Å². The Morgan fingerprint density at radius 2 is 2.00 bits per heavy atom. The van der Waals surface area contributed by atoms with Gasteiger partial charge in [-0.1, -0.05) is 18.2 Å². The second-order valence-electron chi connectivity index (χ2n) is 3.03. The quantitative estimate of drug-likeness (QED) is 0.648. The molecule has 1 saturated carbocycles. The molecule has 2 heteroatoms. The van der Waals surface area contributed by atoms with Gasteiger partial charge in [0.15, 0.2) is 0 Å². The van der Waals surface area contributed by atoms with Gasteiger partial charge >= 0.3 is 0 Å². The summed E-state index contributed by atoms with van der Waals surface area (Å²) >= 11 is 0. The molecule has 58 valence electrons. The summed E-state index contributed by atoms with van der Waals surface area (Å²) in [6.45, 7) is 0. The van der Waals surface area contributed by atoms with Crippen LogP contribution in [-0.4, -0.2) is 6.04 Å². The minimum atomic E-state index is -0.120. The molecule has 0 heterocycles. The zero-order valence-corrected chi connectivity index (χ0v) is 6.13. The number of benzene rings is 1. The van der Waals surface area contributed by atoms with Crippen LogP contribution in [0.4, 0.5) is 4.39 Å². The van der Waals surface area contributed by atoms with E-state index in [2.05, 4.69) is 0 Å². The van der Waals surface area contributed by atoms with Crippen molar-refractivity contribution < 1.29 is 4.39 Å². The molecule has 0 aromatic heterocycles. The monoisotopic (exact) mass is 151 g/mol. The number of halogens is 1. The van der Waals surface area contributed by atoms with Gasteiger partial charge in [0.2, 0.25) is 0 Å². The molecule has 1 aliphatic carbocycles. The Hall–Kier alpha value is -0.890. The van der Waals surface area contributed by atoms with Crippen molar-refractivity contribution in [3.63, 3.8) is 0 Å². The Morgan fingerprint density at radius 3 is 2.55 bits per heavy atom. The minimum absolute atomic E-state index is 0.120. The highest BCUT2D eigenvalue weighted by atomic mass is 19.1. The molecule has 2 atom stereocenters. The van der Waals surface area contributed by atoms with Gasteiger partial charge in [-0.05, 0) is 18.1 Å². The summed E-state index contributed by atoms with van der Waals surface area (Å²) in [6, 6.07) is 7.04. The van der Waals surface area contributed by atoms with Crippen LogP contribution in [0, 0.1) is 5.82 Å². The van der Waals surface area contributed by atoms with E-state index >= 15 is 0 Å². The van der Waals surface area contributed by atoms with Crippen LogP contribution in [0.5, 0.6) is 0 Å². The fraction of sp³-hybridized carbons (Fsp3) is 0.333. The Balaban J connectivity index is 2.31. The first-order valence-electron chi connectivity index (χ1n) is 3.79. The van der Waals surface area contributed by atoms with Crippen LogP contribution in [0.15, 0.2) is 24.3 Å². The van der Waals surface area contributed by atoms with Crippen molar-refractivity contribution in [2.75, 3.05) is 0 Å². The van der Waals surface area contributed by atoms with E-state index in [4.69, 9.17) is 5.73 Å². The van der Waals surface area contributed by atoms with Crippen LogP contribution in [0.25, 0.3) is 0 Å². The van der Waals surface area contributed by atoms with Crippen molar-refractivity contribution in [2.24, 2.45) is 5.73 Å². The van der Waals surface area contributed by atoms with Crippen molar-refractivity contribution in [3.8, 4) is 0 Å². The highest BCUT2D eigenvalue weighted by Gasteiger charge is 2.36. The topological polar surface area (TPSA) is 26.0 Å². The highest BCUT2D eigenvalue weighted by Crippen LogP contribution is 2.39. The summed E-state index contributed by atoms with van der Waals surface area (Å²) in [5.74, 6) is 0.154. The lowest BCUT2D eigenvalue weighted by Crippen LogP contribution is -2.01. The van der Waals surface area contributed by atoms with Gasteiger partial charge in [-0.3, -0.25) is 0 Å². The smallest absolute Gasteiger partial charge is 0.126 e. The molecule has 1 aromatic carbocycles. The van der Waals surface area contributed by atoms with E-state index < -0.39 is 0 Å². The maximum atomic E-state index is 13.0.